The molecule has 0 aliphatic heterocycles. The summed E-state index contributed by atoms with van der Waals surface area (Å²) in [4.78, 5) is 44.4. The van der Waals surface area contributed by atoms with Crippen molar-refractivity contribution < 1.29 is 14.6 Å². The molecule has 1 aliphatic carbocycles. The lowest BCUT2D eigenvalue weighted by Crippen LogP contribution is -2.51. The van der Waals surface area contributed by atoms with Gasteiger partial charge < -0.3 is 9.84 Å². The second-order valence-corrected chi connectivity index (χ2v) is 8.91. The molecule has 1 aliphatic rings. The number of aliphatic carboxylic acids is 1. The van der Waals surface area contributed by atoms with E-state index in [1.807, 2.05) is 31.2 Å². The number of carboxylic acids is 1. The molecule has 0 bridgehead atoms. The van der Waals surface area contributed by atoms with Crippen LogP contribution in [0.15, 0.2) is 57.0 Å². The predicted molar refractivity (Wildman–Crippen MR) is 127 cm³/mol. The molecule has 1 aromatic heterocycles. The summed E-state index contributed by atoms with van der Waals surface area (Å²) >= 11 is 6.34. The quantitative estimate of drug-likeness (QED) is 0.509. The average Bonchev–Trinajstić information content (AvgIpc) is 3.61. The van der Waals surface area contributed by atoms with Crippen LogP contribution in [0.25, 0.3) is 0 Å². The number of carbonyl (C=O) groups is 1. The summed E-state index contributed by atoms with van der Waals surface area (Å²) < 4.78 is 7.94. The summed E-state index contributed by atoms with van der Waals surface area (Å²) in [5.74, 6) is -1.47. The van der Waals surface area contributed by atoms with E-state index in [-0.39, 0.29) is 24.8 Å². The Morgan fingerprint density at radius 1 is 1.21 bits per heavy atom. The number of nitrogens with one attached hydrogen (secondary N) is 1. The zero-order valence-electron chi connectivity index (χ0n) is 18.8. The summed E-state index contributed by atoms with van der Waals surface area (Å²) in [7, 11) is 0. The average molecular weight is 485 g/mol. The summed E-state index contributed by atoms with van der Waals surface area (Å²) in [5.41, 5.74) is 0.947. The Balaban J connectivity index is 1.80. The summed E-state index contributed by atoms with van der Waals surface area (Å²) in [6.07, 6.45) is 2.19. The standard InChI is InChI=1S/C24H25ClN4O5/c1-14-3-5-16(6-4-14)13-28-22(27-23(32)29(24(28)33)12-15(2)21(30)31)26-17-7-10-20(19(25)11-17)34-18-8-9-18/h3-7,10-11,15,18H,8-9,12-13H2,1-2H3,(H,30,31)(H,26,27,32)/t15-/m0/s1. The van der Waals surface area contributed by atoms with E-state index in [1.165, 1.54) is 11.5 Å². The Labute approximate surface area is 199 Å². The van der Waals surface area contributed by atoms with Crippen molar-refractivity contribution in [2.24, 2.45) is 10.9 Å². The van der Waals surface area contributed by atoms with Crippen LogP contribution in [0.5, 0.6) is 5.75 Å². The second kappa shape index (κ2) is 9.72. The molecule has 2 N–H and O–H groups in total. The highest BCUT2D eigenvalue weighted by Crippen LogP contribution is 2.33. The Hall–Kier alpha value is -3.59. The van der Waals surface area contributed by atoms with Crippen LogP contribution in [-0.4, -0.2) is 31.3 Å². The van der Waals surface area contributed by atoms with Gasteiger partial charge in [-0.1, -0.05) is 48.4 Å². The van der Waals surface area contributed by atoms with Gasteiger partial charge in [-0.3, -0.25) is 14.3 Å². The van der Waals surface area contributed by atoms with Crippen molar-refractivity contribution in [3.63, 3.8) is 0 Å². The number of aromatic amines is 1. The predicted octanol–water partition coefficient (Wildman–Crippen LogP) is 2.84. The molecule has 4 rings (SSSR count). The topological polar surface area (TPSA) is 119 Å². The minimum Gasteiger partial charge on any atom is -0.489 e. The van der Waals surface area contributed by atoms with Crippen LogP contribution < -0.4 is 21.7 Å². The Morgan fingerprint density at radius 3 is 2.53 bits per heavy atom. The molecule has 2 aromatic carbocycles. The number of halogens is 1. The molecule has 0 saturated heterocycles. The molecule has 1 atom stereocenters. The van der Waals surface area contributed by atoms with Crippen LogP contribution in [0.2, 0.25) is 5.02 Å². The number of nitrogens with zero attached hydrogens (tertiary/aromatic N) is 3. The van der Waals surface area contributed by atoms with Crippen molar-refractivity contribution in [3.05, 3.63) is 85.2 Å². The van der Waals surface area contributed by atoms with Crippen molar-refractivity contribution in [2.45, 2.75) is 45.9 Å². The SMILES string of the molecule is Cc1ccc(Cn2c(=O)n(C[C@H](C)C(=O)O)c(=O)[nH]/c2=N\c2ccc(OC3CC3)c(Cl)c2)cc1. The van der Waals surface area contributed by atoms with Crippen LogP contribution in [0.1, 0.15) is 30.9 Å². The van der Waals surface area contributed by atoms with Gasteiger partial charge in [-0.05, 0) is 43.5 Å². The number of hydrogen-bond donors (Lipinski definition) is 2. The van der Waals surface area contributed by atoms with Crippen molar-refractivity contribution in [1.29, 1.82) is 0 Å². The summed E-state index contributed by atoms with van der Waals surface area (Å²) in [5, 5.41) is 9.62. The van der Waals surface area contributed by atoms with Gasteiger partial charge in [0.15, 0.2) is 0 Å². The minimum absolute atomic E-state index is 0.0294. The van der Waals surface area contributed by atoms with Crippen molar-refractivity contribution in [1.82, 2.24) is 14.1 Å². The van der Waals surface area contributed by atoms with E-state index in [1.54, 1.807) is 18.2 Å². The second-order valence-electron chi connectivity index (χ2n) is 8.50. The van der Waals surface area contributed by atoms with Gasteiger partial charge in [-0.2, -0.15) is 0 Å². The van der Waals surface area contributed by atoms with Crippen molar-refractivity contribution >= 4 is 23.3 Å². The molecule has 3 aromatic rings. The van der Waals surface area contributed by atoms with Gasteiger partial charge in [-0.15, -0.1) is 0 Å². The van der Waals surface area contributed by atoms with Crippen LogP contribution >= 0.6 is 11.6 Å². The normalized spacial score (nSPS) is 14.7. The van der Waals surface area contributed by atoms with Gasteiger partial charge >= 0.3 is 17.3 Å². The van der Waals surface area contributed by atoms with Gasteiger partial charge in [0.25, 0.3) is 0 Å². The van der Waals surface area contributed by atoms with Crippen molar-refractivity contribution in [2.75, 3.05) is 0 Å². The maximum absolute atomic E-state index is 13.3. The number of benzene rings is 2. The maximum atomic E-state index is 13.3. The highest BCUT2D eigenvalue weighted by Gasteiger charge is 2.24. The monoisotopic (exact) mass is 484 g/mol. The van der Waals surface area contributed by atoms with E-state index in [4.69, 9.17) is 16.3 Å². The molecule has 0 radical (unpaired) electrons. The number of aryl methyl sites for hydroxylation is 1. The molecule has 0 spiro atoms. The summed E-state index contributed by atoms with van der Waals surface area (Å²) in [6.45, 7) is 3.26. The molecule has 0 unspecified atom stereocenters. The van der Waals surface area contributed by atoms with Gasteiger partial charge in [0.1, 0.15) is 5.75 Å². The fourth-order valence-corrected chi connectivity index (χ4v) is 3.54. The zero-order valence-corrected chi connectivity index (χ0v) is 19.6. The molecule has 34 heavy (non-hydrogen) atoms. The van der Waals surface area contributed by atoms with Gasteiger partial charge in [0.05, 0.1) is 29.3 Å². The lowest BCUT2D eigenvalue weighted by Gasteiger charge is -2.13. The third-order valence-electron chi connectivity index (χ3n) is 5.49. The number of rotatable bonds is 8. The van der Waals surface area contributed by atoms with E-state index < -0.39 is 23.3 Å². The molecular weight excluding hydrogens is 460 g/mol. The molecule has 178 valence electrons. The minimum atomic E-state index is -1.10. The van der Waals surface area contributed by atoms with Crippen LogP contribution in [0.3, 0.4) is 0 Å². The van der Waals surface area contributed by atoms with Gasteiger partial charge in [0, 0.05) is 6.54 Å². The zero-order chi connectivity index (χ0) is 24.4. The number of hydrogen-bond acceptors (Lipinski definition) is 5. The fraction of sp³-hybridized carbons (Fsp3) is 0.333. The highest BCUT2D eigenvalue weighted by atomic mass is 35.5. The van der Waals surface area contributed by atoms with E-state index in [2.05, 4.69) is 9.98 Å². The van der Waals surface area contributed by atoms with Crippen LogP contribution in [0, 0.1) is 12.8 Å². The van der Waals surface area contributed by atoms with Gasteiger partial charge in [0.2, 0.25) is 5.62 Å². The maximum Gasteiger partial charge on any atom is 0.335 e. The number of H-pyrrole nitrogens is 1. The van der Waals surface area contributed by atoms with E-state index >= 15 is 0 Å². The highest BCUT2D eigenvalue weighted by molar-refractivity contribution is 6.32. The van der Waals surface area contributed by atoms with Gasteiger partial charge in [-0.25, -0.2) is 19.1 Å². The lowest BCUT2D eigenvalue weighted by molar-refractivity contribution is -0.141. The van der Waals surface area contributed by atoms with E-state index in [0.717, 1.165) is 28.5 Å². The Bertz CT molecular complexity index is 1400. The Kier molecular flexibility index (Phi) is 6.74. The number of aromatic nitrogens is 3. The first-order valence-corrected chi connectivity index (χ1v) is 11.3. The Morgan fingerprint density at radius 2 is 1.91 bits per heavy atom. The van der Waals surface area contributed by atoms with E-state index in [0.29, 0.717) is 16.5 Å². The van der Waals surface area contributed by atoms with Crippen LogP contribution in [-0.2, 0) is 17.9 Å². The van der Waals surface area contributed by atoms with Crippen molar-refractivity contribution in [3.8, 4) is 5.75 Å². The van der Waals surface area contributed by atoms with E-state index in [9.17, 15) is 19.5 Å². The fourth-order valence-electron chi connectivity index (χ4n) is 3.32. The molecule has 0 amide bonds. The molecule has 1 saturated carbocycles. The third kappa shape index (κ3) is 5.48. The third-order valence-corrected chi connectivity index (χ3v) is 5.78. The first kappa shape index (κ1) is 23.6. The first-order valence-electron chi connectivity index (χ1n) is 10.9. The van der Waals surface area contributed by atoms with Crippen LogP contribution in [0.4, 0.5) is 5.69 Å². The number of carboxylic acid groups (broad SMARTS) is 1. The lowest BCUT2D eigenvalue weighted by atomic mass is 10.1. The molecule has 1 heterocycles. The summed E-state index contributed by atoms with van der Waals surface area (Å²) in [6, 6.07) is 12.6. The molecular formula is C24H25ClN4O5. The smallest absolute Gasteiger partial charge is 0.335 e. The molecule has 9 nitrogen and oxygen atoms in total. The molecule has 10 heteroatoms. The molecule has 1 fully saturated rings. The largest absolute Gasteiger partial charge is 0.489 e. The number of ether oxygens (including phenoxy) is 1. The first-order chi connectivity index (χ1) is 16.2.